The summed E-state index contributed by atoms with van der Waals surface area (Å²) in [6.07, 6.45) is 3.28. The molecular formula is C48H78N4. The molecule has 0 spiro atoms. The summed E-state index contributed by atoms with van der Waals surface area (Å²) in [6.45, 7) is 37.2. The van der Waals surface area contributed by atoms with E-state index in [0.29, 0.717) is 35.5 Å². The van der Waals surface area contributed by atoms with Crippen LogP contribution in [0.1, 0.15) is 169 Å². The Kier molecular flexibility index (Phi) is 19.1. The van der Waals surface area contributed by atoms with Gasteiger partial charge in [0.25, 0.3) is 0 Å². The van der Waals surface area contributed by atoms with E-state index in [1.54, 1.807) is 16.7 Å². The predicted octanol–water partition coefficient (Wildman–Crippen LogP) is 10.5. The molecule has 52 heavy (non-hydrogen) atoms. The quantitative estimate of drug-likeness (QED) is 0.0810. The second-order valence-corrected chi connectivity index (χ2v) is 17.0. The van der Waals surface area contributed by atoms with Crippen LogP contribution in [0.25, 0.3) is 0 Å². The molecular weight excluding hydrogens is 633 g/mol. The predicted molar refractivity (Wildman–Crippen MR) is 230 cm³/mol. The van der Waals surface area contributed by atoms with Gasteiger partial charge in [0.2, 0.25) is 0 Å². The maximum Gasteiger partial charge on any atom is 0.0108 e. The standard InChI is InChI=1S/C48H78N4/c1-34(2)40-16-13-17-41(35(3)4)46(40)22-25-49-28-31-52(32-29-50-26-23-47-42(36(5)6)18-14-19-43(47)37(7)8)33-30-51-27-24-48-44(38(9)10)20-15-21-45(48)39(11)12/h13-21,34-39,49-51H,22-33H2,1-12H3. The van der Waals surface area contributed by atoms with Gasteiger partial charge in [-0.2, -0.15) is 0 Å². The van der Waals surface area contributed by atoms with E-state index < -0.39 is 0 Å². The Morgan fingerprint density at radius 1 is 0.346 bits per heavy atom. The molecule has 0 radical (unpaired) electrons. The van der Waals surface area contributed by atoms with Crippen molar-refractivity contribution in [2.45, 2.75) is 138 Å². The van der Waals surface area contributed by atoms with Crippen LogP contribution < -0.4 is 16.0 Å². The van der Waals surface area contributed by atoms with Crippen molar-refractivity contribution in [2.75, 3.05) is 58.9 Å². The largest absolute Gasteiger partial charge is 0.315 e. The molecule has 0 amide bonds. The fourth-order valence-corrected chi connectivity index (χ4v) is 8.04. The van der Waals surface area contributed by atoms with Gasteiger partial charge in [-0.05, 0) is 124 Å². The van der Waals surface area contributed by atoms with Crippen molar-refractivity contribution >= 4 is 0 Å². The van der Waals surface area contributed by atoms with Crippen LogP contribution in [0.2, 0.25) is 0 Å². The summed E-state index contributed by atoms with van der Waals surface area (Å²) in [5, 5.41) is 11.5. The number of nitrogens with one attached hydrogen (secondary N) is 3. The van der Waals surface area contributed by atoms with Gasteiger partial charge in [0.15, 0.2) is 0 Å². The van der Waals surface area contributed by atoms with Crippen LogP contribution in [-0.4, -0.2) is 63.8 Å². The molecule has 0 aliphatic carbocycles. The Morgan fingerprint density at radius 2 is 0.558 bits per heavy atom. The summed E-state index contributed by atoms with van der Waals surface area (Å²) < 4.78 is 0. The fourth-order valence-electron chi connectivity index (χ4n) is 8.04. The van der Waals surface area contributed by atoms with Crippen LogP contribution in [0, 0.1) is 0 Å². The normalized spacial score (nSPS) is 12.3. The number of rotatable bonds is 24. The summed E-state index contributed by atoms with van der Waals surface area (Å²) in [5.41, 5.74) is 13.8. The zero-order chi connectivity index (χ0) is 38.2. The molecule has 0 aromatic heterocycles. The molecule has 0 heterocycles. The third kappa shape index (κ3) is 13.4. The molecule has 0 saturated heterocycles. The van der Waals surface area contributed by atoms with Gasteiger partial charge in [0, 0.05) is 39.3 Å². The highest BCUT2D eigenvalue weighted by Crippen LogP contribution is 2.30. The summed E-state index contributed by atoms with van der Waals surface area (Å²) in [4.78, 5) is 2.65. The van der Waals surface area contributed by atoms with Crippen molar-refractivity contribution < 1.29 is 0 Å². The molecule has 0 aliphatic heterocycles. The summed E-state index contributed by atoms with van der Waals surface area (Å²) in [5.74, 6) is 3.31. The van der Waals surface area contributed by atoms with Crippen molar-refractivity contribution in [3.8, 4) is 0 Å². The van der Waals surface area contributed by atoms with Gasteiger partial charge >= 0.3 is 0 Å². The zero-order valence-corrected chi connectivity index (χ0v) is 35.6. The number of benzene rings is 3. The molecule has 3 aromatic rings. The summed E-state index contributed by atoms with van der Waals surface area (Å²) >= 11 is 0. The van der Waals surface area contributed by atoms with Crippen molar-refractivity contribution in [1.82, 2.24) is 20.9 Å². The first-order valence-corrected chi connectivity index (χ1v) is 21.0. The van der Waals surface area contributed by atoms with E-state index in [-0.39, 0.29) is 0 Å². The third-order valence-electron chi connectivity index (χ3n) is 10.9. The minimum Gasteiger partial charge on any atom is -0.315 e. The molecule has 3 aromatic carbocycles. The van der Waals surface area contributed by atoms with E-state index in [4.69, 9.17) is 0 Å². The number of nitrogens with zero attached hydrogens (tertiary/aromatic N) is 1. The first kappa shape index (κ1) is 43.9. The van der Waals surface area contributed by atoms with Crippen molar-refractivity contribution in [3.63, 3.8) is 0 Å². The highest BCUT2D eigenvalue weighted by atomic mass is 15.2. The minimum atomic E-state index is 0.552. The monoisotopic (exact) mass is 711 g/mol. The molecule has 0 fully saturated rings. The third-order valence-corrected chi connectivity index (χ3v) is 10.9. The van der Waals surface area contributed by atoms with Crippen LogP contribution in [-0.2, 0) is 19.3 Å². The maximum atomic E-state index is 3.83. The van der Waals surface area contributed by atoms with Crippen LogP contribution >= 0.6 is 0 Å². The Morgan fingerprint density at radius 3 is 0.750 bits per heavy atom. The van der Waals surface area contributed by atoms with Crippen LogP contribution in [0.4, 0.5) is 0 Å². The highest BCUT2D eigenvalue weighted by Gasteiger charge is 2.16. The van der Waals surface area contributed by atoms with E-state index in [1.165, 1.54) is 33.4 Å². The second kappa shape index (κ2) is 22.7. The van der Waals surface area contributed by atoms with Gasteiger partial charge in [-0.3, -0.25) is 4.90 Å². The molecule has 290 valence electrons. The number of hydrogen-bond donors (Lipinski definition) is 3. The van der Waals surface area contributed by atoms with E-state index in [1.807, 2.05) is 0 Å². The van der Waals surface area contributed by atoms with Crippen LogP contribution in [0.15, 0.2) is 54.6 Å². The summed E-state index contributed by atoms with van der Waals surface area (Å²) in [7, 11) is 0. The highest BCUT2D eigenvalue weighted by molar-refractivity contribution is 5.41. The second-order valence-electron chi connectivity index (χ2n) is 17.0. The fraction of sp³-hybridized carbons (Fsp3) is 0.625. The molecule has 3 N–H and O–H groups in total. The molecule has 0 atom stereocenters. The van der Waals surface area contributed by atoms with Crippen LogP contribution in [0.3, 0.4) is 0 Å². The lowest BCUT2D eigenvalue weighted by molar-refractivity contribution is 0.272. The van der Waals surface area contributed by atoms with Crippen LogP contribution in [0.5, 0.6) is 0 Å². The van der Waals surface area contributed by atoms with Gasteiger partial charge in [-0.15, -0.1) is 0 Å². The first-order chi connectivity index (χ1) is 24.8. The molecule has 0 aliphatic rings. The van der Waals surface area contributed by atoms with Crippen molar-refractivity contribution in [2.24, 2.45) is 0 Å². The average Bonchev–Trinajstić information content (AvgIpc) is 3.10. The van der Waals surface area contributed by atoms with E-state index in [2.05, 4.69) is 159 Å². The van der Waals surface area contributed by atoms with Gasteiger partial charge in [0.05, 0.1) is 0 Å². The maximum absolute atomic E-state index is 3.83. The first-order valence-electron chi connectivity index (χ1n) is 21.0. The summed E-state index contributed by atoms with van der Waals surface area (Å²) in [6, 6.07) is 20.8. The smallest absolute Gasteiger partial charge is 0.0108 e. The Labute approximate surface area is 321 Å². The van der Waals surface area contributed by atoms with Gasteiger partial charge in [-0.1, -0.05) is 138 Å². The zero-order valence-electron chi connectivity index (χ0n) is 35.6. The average molecular weight is 711 g/mol. The molecule has 0 saturated carbocycles. The Bertz CT molecular complexity index is 1200. The van der Waals surface area contributed by atoms with E-state index >= 15 is 0 Å². The lowest BCUT2D eigenvalue weighted by Crippen LogP contribution is -2.41. The lowest BCUT2D eigenvalue weighted by atomic mass is 9.87. The SMILES string of the molecule is CC(C)c1cccc(C(C)C)c1CCNCCN(CCNCCc1c(C(C)C)cccc1C(C)C)CCNCCc1c(C(C)C)cccc1C(C)C. The molecule has 4 nitrogen and oxygen atoms in total. The minimum absolute atomic E-state index is 0.552. The lowest BCUT2D eigenvalue weighted by Gasteiger charge is -2.24. The number of hydrogen-bond acceptors (Lipinski definition) is 4. The van der Waals surface area contributed by atoms with E-state index in [0.717, 1.165) is 78.2 Å². The Hall–Kier alpha value is -2.50. The van der Waals surface area contributed by atoms with E-state index in [9.17, 15) is 0 Å². The van der Waals surface area contributed by atoms with Gasteiger partial charge in [0.1, 0.15) is 0 Å². The van der Waals surface area contributed by atoms with Crippen molar-refractivity contribution in [1.29, 1.82) is 0 Å². The molecule has 0 bridgehead atoms. The Balaban J connectivity index is 1.58. The molecule has 0 unspecified atom stereocenters. The molecule has 3 rings (SSSR count). The molecule has 4 heteroatoms. The topological polar surface area (TPSA) is 39.3 Å². The van der Waals surface area contributed by atoms with Gasteiger partial charge in [-0.25, -0.2) is 0 Å². The van der Waals surface area contributed by atoms with Crippen molar-refractivity contribution in [3.05, 3.63) is 105 Å². The van der Waals surface area contributed by atoms with Gasteiger partial charge < -0.3 is 16.0 Å².